The van der Waals surface area contributed by atoms with Gasteiger partial charge in [-0.05, 0) is 35.2 Å². The van der Waals surface area contributed by atoms with Crippen molar-refractivity contribution in [2.75, 3.05) is 26.1 Å². The van der Waals surface area contributed by atoms with Gasteiger partial charge in [-0.3, -0.25) is 0 Å². The highest BCUT2D eigenvalue weighted by atomic mass is 79.9. The van der Waals surface area contributed by atoms with Gasteiger partial charge in [-0.25, -0.2) is 9.97 Å². The van der Waals surface area contributed by atoms with Crippen molar-refractivity contribution < 1.29 is 9.47 Å². The molecular formula is C15H26BrN3O2. The minimum absolute atomic E-state index is 0.435. The highest BCUT2D eigenvalue weighted by Gasteiger charge is 2.33. The van der Waals surface area contributed by atoms with Crippen LogP contribution in [0.3, 0.4) is 0 Å². The Morgan fingerprint density at radius 3 is 2.29 bits per heavy atom. The average Bonchev–Trinajstić information content (AvgIpc) is 2.51. The highest BCUT2D eigenvalue weighted by molar-refractivity contribution is 9.10. The number of nitrogens with zero attached hydrogens (tertiary/aromatic N) is 2. The number of methoxy groups -OCH3 is 2. The number of ether oxygens (including phenoxy) is 2. The van der Waals surface area contributed by atoms with Crippen molar-refractivity contribution in [2.45, 2.75) is 52.2 Å². The molecule has 0 unspecified atom stereocenters. The van der Waals surface area contributed by atoms with Crippen LogP contribution in [-0.2, 0) is 21.7 Å². The maximum absolute atomic E-state index is 5.75. The van der Waals surface area contributed by atoms with Crippen molar-refractivity contribution in [3.8, 4) is 0 Å². The molecule has 0 aromatic carbocycles. The lowest BCUT2D eigenvalue weighted by Crippen LogP contribution is -2.30. The Morgan fingerprint density at radius 1 is 1.14 bits per heavy atom. The predicted molar refractivity (Wildman–Crippen MR) is 88.5 cm³/mol. The van der Waals surface area contributed by atoms with Crippen molar-refractivity contribution in [3.05, 3.63) is 16.0 Å². The quantitative estimate of drug-likeness (QED) is 0.725. The lowest BCUT2D eigenvalue weighted by atomic mass is 9.96. The van der Waals surface area contributed by atoms with Gasteiger partial charge in [0.15, 0.2) is 5.82 Å². The summed E-state index contributed by atoms with van der Waals surface area (Å²) < 4.78 is 11.9. The van der Waals surface area contributed by atoms with Gasteiger partial charge in [-0.2, -0.15) is 0 Å². The van der Waals surface area contributed by atoms with Gasteiger partial charge in [-0.1, -0.05) is 20.8 Å². The average molecular weight is 360 g/mol. The van der Waals surface area contributed by atoms with Crippen LogP contribution in [-0.4, -0.2) is 30.7 Å². The van der Waals surface area contributed by atoms with E-state index in [9.17, 15) is 0 Å². The van der Waals surface area contributed by atoms with Crippen LogP contribution in [0, 0.1) is 0 Å². The largest absolute Gasteiger partial charge is 0.378 e. The Hall–Kier alpha value is -0.720. The second kappa shape index (κ2) is 8.66. The molecule has 6 heteroatoms. The molecule has 1 heterocycles. The van der Waals surface area contributed by atoms with Crippen LogP contribution in [0.1, 0.15) is 51.6 Å². The molecule has 5 nitrogen and oxygen atoms in total. The third kappa shape index (κ3) is 4.14. The van der Waals surface area contributed by atoms with E-state index in [0.29, 0.717) is 12.4 Å². The zero-order chi connectivity index (χ0) is 15.9. The van der Waals surface area contributed by atoms with Crippen LogP contribution in [0.15, 0.2) is 4.47 Å². The first-order chi connectivity index (χ1) is 10.1. The monoisotopic (exact) mass is 359 g/mol. The number of anilines is 1. The molecule has 0 aliphatic rings. The Morgan fingerprint density at radius 2 is 1.81 bits per heavy atom. The maximum Gasteiger partial charge on any atom is 0.162 e. The van der Waals surface area contributed by atoms with E-state index in [0.717, 1.165) is 41.8 Å². The van der Waals surface area contributed by atoms with Gasteiger partial charge >= 0.3 is 0 Å². The molecule has 0 aliphatic carbocycles. The maximum atomic E-state index is 5.75. The molecule has 0 fully saturated rings. The second-order valence-corrected chi connectivity index (χ2v) is 5.71. The van der Waals surface area contributed by atoms with Crippen LogP contribution < -0.4 is 5.32 Å². The lowest BCUT2D eigenvalue weighted by molar-refractivity contribution is -0.0294. The third-order valence-electron chi connectivity index (χ3n) is 3.68. The molecule has 0 saturated heterocycles. The van der Waals surface area contributed by atoms with Crippen LogP contribution in [0.5, 0.6) is 0 Å². The molecule has 1 N–H and O–H groups in total. The summed E-state index contributed by atoms with van der Waals surface area (Å²) in [5.41, 5.74) is 0.385. The molecule has 0 radical (unpaired) electrons. The molecule has 1 aromatic heterocycles. The van der Waals surface area contributed by atoms with Gasteiger partial charge in [0.2, 0.25) is 0 Å². The number of hydrogen-bond acceptors (Lipinski definition) is 5. The first kappa shape index (κ1) is 18.3. The topological polar surface area (TPSA) is 56.3 Å². The van der Waals surface area contributed by atoms with E-state index in [2.05, 4.69) is 52.0 Å². The molecule has 1 rings (SSSR count). The summed E-state index contributed by atoms with van der Waals surface area (Å²) in [4.78, 5) is 9.36. The molecule has 120 valence electrons. The Labute approximate surface area is 136 Å². The summed E-state index contributed by atoms with van der Waals surface area (Å²) in [6.07, 6.45) is 2.67. The van der Waals surface area contributed by atoms with Crippen LogP contribution in [0.4, 0.5) is 5.82 Å². The normalized spacial score (nSPS) is 11.7. The van der Waals surface area contributed by atoms with Gasteiger partial charge in [-0.15, -0.1) is 0 Å². The number of hydrogen-bond donors (Lipinski definition) is 1. The van der Waals surface area contributed by atoms with Crippen molar-refractivity contribution >= 4 is 21.7 Å². The van der Waals surface area contributed by atoms with Gasteiger partial charge in [0, 0.05) is 20.8 Å². The molecule has 1 aromatic rings. The van der Waals surface area contributed by atoms with E-state index >= 15 is 0 Å². The first-order valence-electron chi connectivity index (χ1n) is 7.43. The van der Waals surface area contributed by atoms with Crippen LogP contribution in [0.25, 0.3) is 0 Å². The van der Waals surface area contributed by atoms with E-state index < -0.39 is 5.60 Å². The summed E-state index contributed by atoms with van der Waals surface area (Å²) in [6.45, 7) is 7.60. The third-order valence-corrected chi connectivity index (χ3v) is 4.52. The molecule has 0 saturated carbocycles. The minimum atomic E-state index is -0.453. The van der Waals surface area contributed by atoms with Crippen LogP contribution in [0.2, 0.25) is 0 Å². The minimum Gasteiger partial charge on any atom is -0.378 e. The van der Waals surface area contributed by atoms with E-state index in [1.165, 1.54) is 0 Å². The Bertz CT molecular complexity index is 443. The molecule has 0 spiro atoms. The Kier molecular flexibility index (Phi) is 7.56. The number of halogens is 1. The Balaban J connectivity index is 3.34. The zero-order valence-electron chi connectivity index (χ0n) is 13.6. The first-order valence-corrected chi connectivity index (χ1v) is 8.22. The van der Waals surface area contributed by atoms with Crippen molar-refractivity contribution in [3.63, 3.8) is 0 Å². The molecule has 0 atom stereocenters. The smallest absolute Gasteiger partial charge is 0.162 e. The van der Waals surface area contributed by atoms with E-state index in [1.54, 1.807) is 14.2 Å². The fourth-order valence-electron chi connectivity index (χ4n) is 2.24. The van der Waals surface area contributed by atoms with Gasteiger partial charge in [0.05, 0.1) is 16.8 Å². The van der Waals surface area contributed by atoms with Gasteiger partial charge in [0.25, 0.3) is 0 Å². The summed E-state index contributed by atoms with van der Waals surface area (Å²) in [5.74, 6) is 1.51. The molecule has 0 amide bonds. The van der Waals surface area contributed by atoms with Crippen molar-refractivity contribution in [1.82, 2.24) is 9.97 Å². The standard InChI is InChI=1S/C15H26BrN3O2/c1-6-9-17-13-12(16)11(10-20-4)18-14(19-13)15(7-2,8-3)21-5/h6-10H2,1-5H3,(H,17,18,19). The second-order valence-electron chi connectivity index (χ2n) is 4.92. The van der Waals surface area contributed by atoms with Crippen molar-refractivity contribution in [1.29, 1.82) is 0 Å². The predicted octanol–water partition coefficient (Wildman–Crippen LogP) is 3.87. The highest BCUT2D eigenvalue weighted by Crippen LogP contribution is 2.33. The number of aromatic nitrogens is 2. The molecule has 21 heavy (non-hydrogen) atoms. The van der Waals surface area contributed by atoms with Gasteiger partial charge < -0.3 is 14.8 Å². The summed E-state index contributed by atoms with van der Waals surface area (Å²) in [5, 5.41) is 3.34. The van der Waals surface area contributed by atoms with E-state index in [-0.39, 0.29) is 0 Å². The number of nitrogens with one attached hydrogen (secondary N) is 1. The summed E-state index contributed by atoms with van der Waals surface area (Å²) >= 11 is 3.57. The molecule has 0 aliphatic heterocycles. The fourth-order valence-corrected chi connectivity index (χ4v) is 2.67. The molecule has 0 bridgehead atoms. The molecular weight excluding hydrogens is 334 g/mol. The lowest BCUT2D eigenvalue weighted by Gasteiger charge is -2.29. The fraction of sp³-hybridized carbons (Fsp3) is 0.733. The summed E-state index contributed by atoms with van der Waals surface area (Å²) in [7, 11) is 3.38. The number of rotatable bonds is 9. The van der Waals surface area contributed by atoms with E-state index in [4.69, 9.17) is 9.47 Å². The van der Waals surface area contributed by atoms with Crippen LogP contribution >= 0.6 is 15.9 Å². The van der Waals surface area contributed by atoms with Gasteiger partial charge in [0.1, 0.15) is 11.4 Å². The van der Waals surface area contributed by atoms with E-state index in [1.807, 2.05) is 0 Å². The van der Waals surface area contributed by atoms with Crippen molar-refractivity contribution in [2.24, 2.45) is 0 Å². The SMILES string of the molecule is CCCNc1nc(C(CC)(CC)OC)nc(COC)c1Br. The zero-order valence-corrected chi connectivity index (χ0v) is 15.2. The summed E-state index contributed by atoms with van der Waals surface area (Å²) in [6, 6.07) is 0.